The molecule has 5 nitrogen and oxygen atoms in total. The van der Waals surface area contributed by atoms with Gasteiger partial charge in [-0.05, 0) is 53.4 Å². The summed E-state index contributed by atoms with van der Waals surface area (Å²) in [5, 5.41) is 16.5. The molecule has 0 bridgehead atoms. The third-order valence-corrected chi connectivity index (χ3v) is 5.45. The maximum Gasteiger partial charge on any atom is 0.265 e. The smallest absolute Gasteiger partial charge is 0.265 e. The fraction of sp³-hybridized carbons (Fsp3) is 0.800. The molecule has 2 aliphatic rings. The predicted molar refractivity (Wildman–Crippen MR) is 101 cm³/mol. The molecule has 0 aromatic rings. The molecular weight excluding hydrogens is 312 g/mol. The Bertz CT molecular complexity index is 537. The molecule has 1 amide bonds. The second-order valence-electron chi connectivity index (χ2n) is 9.04. The number of carbonyl (C=O) groups is 1. The Labute approximate surface area is 152 Å². The Kier molecular flexibility index (Phi) is 6.16. The highest BCUT2D eigenvalue weighted by molar-refractivity contribution is 5.97. The van der Waals surface area contributed by atoms with Crippen molar-refractivity contribution >= 4 is 5.91 Å². The fourth-order valence-corrected chi connectivity index (χ4v) is 4.61. The molecule has 0 atom stereocenters. The molecule has 2 N–H and O–H groups in total. The first-order valence-electron chi connectivity index (χ1n) is 9.56. The van der Waals surface area contributed by atoms with Crippen molar-refractivity contribution < 1.29 is 4.79 Å². The minimum atomic E-state index is -0.158. The van der Waals surface area contributed by atoms with Crippen LogP contribution in [0.3, 0.4) is 0 Å². The molecule has 2 fully saturated rings. The molecule has 0 aromatic carbocycles. The van der Waals surface area contributed by atoms with Crippen LogP contribution < -0.4 is 10.6 Å². The number of piperidine rings is 1. The Balaban J connectivity index is 2.01. The summed E-state index contributed by atoms with van der Waals surface area (Å²) in [7, 11) is 1.83. The Morgan fingerprint density at radius 3 is 2.24 bits per heavy atom. The number of carbonyl (C=O) groups excluding carboxylic acids is 1. The molecule has 1 aliphatic carbocycles. The van der Waals surface area contributed by atoms with Crippen LogP contribution in [0.25, 0.3) is 0 Å². The van der Waals surface area contributed by atoms with E-state index in [1.807, 2.05) is 7.05 Å². The van der Waals surface area contributed by atoms with Gasteiger partial charge in [0.15, 0.2) is 0 Å². The van der Waals surface area contributed by atoms with Crippen molar-refractivity contribution in [3.63, 3.8) is 0 Å². The van der Waals surface area contributed by atoms with Gasteiger partial charge < -0.3 is 15.5 Å². The quantitative estimate of drug-likeness (QED) is 0.606. The number of amides is 1. The van der Waals surface area contributed by atoms with E-state index in [4.69, 9.17) is 0 Å². The zero-order valence-corrected chi connectivity index (χ0v) is 16.5. The van der Waals surface area contributed by atoms with Crippen molar-refractivity contribution in [2.45, 2.75) is 95.8 Å². The summed E-state index contributed by atoms with van der Waals surface area (Å²) in [6.07, 6.45) is 9.25. The summed E-state index contributed by atoms with van der Waals surface area (Å²) in [5.74, 6) is -0.158. The Morgan fingerprint density at radius 2 is 1.72 bits per heavy atom. The van der Waals surface area contributed by atoms with Crippen LogP contribution in [0.2, 0.25) is 0 Å². The molecule has 0 unspecified atom stereocenters. The third kappa shape index (κ3) is 5.47. The lowest BCUT2D eigenvalue weighted by Crippen LogP contribution is -2.61. The van der Waals surface area contributed by atoms with E-state index in [9.17, 15) is 10.1 Å². The average Bonchev–Trinajstić information content (AvgIpc) is 2.52. The van der Waals surface area contributed by atoms with Gasteiger partial charge in [0.1, 0.15) is 11.6 Å². The molecule has 1 saturated carbocycles. The van der Waals surface area contributed by atoms with Crippen LogP contribution in [0, 0.1) is 11.3 Å². The lowest BCUT2D eigenvalue weighted by Gasteiger charge is -2.46. The number of hydrogen-bond acceptors (Lipinski definition) is 4. The molecule has 1 aliphatic heterocycles. The van der Waals surface area contributed by atoms with Crippen LogP contribution in [0.15, 0.2) is 11.8 Å². The lowest BCUT2D eigenvalue weighted by molar-refractivity contribution is -0.128. The van der Waals surface area contributed by atoms with Gasteiger partial charge in [0.05, 0.1) is 0 Å². The van der Waals surface area contributed by atoms with Crippen LogP contribution in [0.1, 0.15) is 72.6 Å². The van der Waals surface area contributed by atoms with Gasteiger partial charge >= 0.3 is 0 Å². The monoisotopic (exact) mass is 346 g/mol. The second-order valence-corrected chi connectivity index (χ2v) is 9.04. The fourth-order valence-electron chi connectivity index (χ4n) is 4.61. The highest BCUT2D eigenvalue weighted by atomic mass is 16.2. The first kappa shape index (κ1) is 19.8. The molecule has 0 aromatic heterocycles. The van der Waals surface area contributed by atoms with E-state index in [1.54, 1.807) is 11.1 Å². The van der Waals surface area contributed by atoms with Crippen molar-refractivity contribution in [1.82, 2.24) is 15.5 Å². The van der Waals surface area contributed by atoms with Gasteiger partial charge in [-0.2, -0.15) is 5.26 Å². The summed E-state index contributed by atoms with van der Waals surface area (Å²) in [5.41, 5.74) is 0.272. The third-order valence-electron chi connectivity index (χ3n) is 5.45. The maximum absolute atomic E-state index is 12.7. The van der Waals surface area contributed by atoms with E-state index in [1.165, 1.54) is 19.3 Å². The van der Waals surface area contributed by atoms with Crippen LogP contribution >= 0.6 is 0 Å². The van der Waals surface area contributed by atoms with Crippen LogP contribution in [-0.2, 0) is 4.79 Å². The minimum absolute atomic E-state index is 0.0307. The van der Waals surface area contributed by atoms with Crippen molar-refractivity contribution in [1.29, 1.82) is 5.26 Å². The summed E-state index contributed by atoms with van der Waals surface area (Å²) in [6, 6.07) is 2.62. The molecule has 1 heterocycles. The van der Waals surface area contributed by atoms with Crippen molar-refractivity contribution in [3.05, 3.63) is 11.8 Å². The van der Waals surface area contributed by atoms with Crippen molar-refractivity contribution in [2.24, 2.45) is 0 Å². The molecule has 140 valence electrons. The molecule has 5 heteroatoms. The summed E-state index contributed by atoms with van der Waals surface area (Å²) >= 11 is 0. The van der Waals surface area contributed by atoms with Gasteiger partial charge in [-0.15, -0.1) is 0 Å². The zero-order chi connectivity index (χ0) is 18.7. The Morgan fingerprint density at radius 1 is 1.16 bits per heavy atom. The summed E-state index contributed by atoms with van der Waals surface area (Å²) in [6.45, 7) is 8.78. The summed E-state index contributed by atoms with van der Waals surface area (Å²) < 4.78 is 0. The van der Waals surface area contributed by atoms with Gasteiger partial charge in [-0.3, -0.25) is 4.79 Å². The molecular formula is C20H34N4O. The van der Waals surface area contributed by atoms with Crippen molar-refractivity contribution in [3.8, 4) is 6.07 Å². The van der Waals surface area contributed by atoms with Gasteiger partial charge in [0, 0.05) is 36.4 Å². The number of rotatable bonds is 4. The summed E-state index contributed by atoms with van der Waals surface area (Å²) in [4.78, 5) is 14.5. The minimum Gasteiger partial charge on any atom is -0.387 e. The van der Waals surface area contributed by atoms with E-state index in [0.29, 0.717) is 0 Å². The first-order valence-corrected chi connectivity index (χ1v) is 9.56. The van der Waals surface area contributed by atoms with Crippen LogP contribution in [-0.4, -0.2) is 41.0 Å². The zero-order valence-electron chi connectivity index (χ0n) is 16.5. The van der Waals surface area contributed by atoms with E-state index >= 15 is 0 Å². The predicted octanol–water partition coefficient (Wildman–Crippen LogP) is 3.08. The maximum atomic E-state index is 12.7. The molecule has 25 heavy (non-hydrogen) atoms. The number of nitrogens with one attached hydrogen (secondary N) is 2. The van der Waals surface area contributed by atoms with E-state index in [2.05, 4.69) is 44.4 Å². The van der Waals surface area contributed by atoms with Crippen molar-refractivity contribution in [2.75, 3.05) is 7.05 Å². The van der Waals surface area contributed by atoms with Gasteiger partial charge in [0.2, 0.25) is 0 Å². The number of nitrogens with zero attached hydrogens (tertiary/aromatic N) is 2. The lowest BCUT2D eigenvalue weighted by atomic mass is 9.79. The largest absolute Gasteiger partial charge is 0.387 e. The standard InChI is InChI=1S/C20H34N4O/c1-19(2)11-16(12-20(3,4)23-19)22-14-15(13-21)18(25)24(5)17-9-7-6-8-10-17/h14,16-17,22-23H,6-12H2,1-5H3/b15-14-. The second kappa shape index (κ2) is 7.78. The Hall–Kier alpha value is -1.54. The normalized spacial score (nSPS) is 24.4. The van der Waals surface area contributed by atoms with Gasteiger partial charge in [-0.25, -0.2) is 0 Å². The molecule has 0 spiro atoms. The van der Waals surface area contributed by atoms with E-state index in [-0.39, 0.29) is 34.6 Å². The van der Waals surface area contributed by atoms with E-state index in [0.717, 1.165) is 25.7 Å². The highest BCUT2D eigenvalue weighted by Crippen LogP contribution is 2.28. The molecule has 0 radical (unpaired) electrons. The molecule has 1 saturated heterocycles. The highest BCUT2D eigenvalue weighted by Gasteiger charge is 2.37. The van der Waals surface area contributed by atoms with E-state index < -0.39 is 0 Å². The number of hydrogen-bond donors (Lipinski definition) is 2. The van der Waals surface area contributed by atoms with Crippen LogP contribution in [0.5, 0.6) is 0 Å². The average molecular weight is 347 g/mol. The topological polar surface area (TPSA) is 68.2 Å². The first-order chi connectivity index (χ1) is 11.6. The van der Waals surface area contributed by atoms with Gasteiger partial charge in [0.25, 0.3) is 5.91 Å². The molecule has 2 rings (SSSR count). The SMILES string of the molecule is CN(C(=O)/C(C#N)=C\NC1CC(C)(C)NC(C)(C)C1)C1CCCCC1. The number of likely N-dealkylation sites (N-methyl/N-ethyl adjacent to an activating group) is 1. The van der Waals surface area contributed by atoms with Gasteiger partial charge in [-0.1, -0.05) is 19.3 Å². The van der Waals surface area contributed by atoms with Crippen LogP contribution in [0.4, 0.5) is 0 Å². The number of nitriles is 1.